The second-order valence-corrected chi connectivity index (χ2v) is 6.26. The smallest absolute Gasteiger partial charge is 0.251 e. The summed E-state index contributed by atoms with van der Waals surface area (Å²) >= 11 is 1.54. The van der Waals surface area contributed by atoms with E-state index < -0.39 is 0 Å². The lowest BCUT2D eigenvalue weighted by atomic mass is 10.2. The van der Waals surface area contributed by atoms with Crippen LogP contribution < -0.4 is 5.32 Å². The van der Waals surface area contributed by atoms with Crippen molar-refractivity contribution in [2.24, 2.45) is 0 Å². The molecule has 0 radical (unpaired) electrons. The zero-order chi connectivity index (χ0) is 17.1. The van der Waals surface area contributed by atoms with Crippen LogP contribution in [0.2, 0.25) is 0 Å². The third kappa shape index (κ3) is 3.36. The molecular weight excluding hydrogens is 336 g/mol. The van der Waals surface area contributed by atoms with Gasteiger partial charge >= 0.3 is 0 Å². The first-order chi connectivity index (χ1) is 12.3. The minimum Gasteiger partial charge on any atom is -0.343 e. The number of carbonyl (C=O) groups is 1. The predicted octanol–water partition coefficient (Wildman–Crippen LogP) is 3.52. The van der Waals surface area contributed by atoms with Gasteiger partial charge in [0.05, 0.1) is 11.4 Å². The Morgan fingerprint density at radius 1 is 1.12 bits per heavy atom. The Balaban J connectivity index is 1.39. The van der Waals surface area contributed by atoms with E-state index in [1.165, 1.54) is 11.3 Å². The van der Waals surface area contributed by atoms with Crippen LogP contribution in [0, 0.1) is 0 Å². The van der Waals surface area contributed by atoms with Gasteiger partial charge in [0.25, 0.3) is 5.91 Å². The Kier molecular flexibility index (Phi) is 4.14. The molecule has 3 heterocycles. The molecule has 4 rings (SSSR count). The maximum atomic E-state index is 12.2. The van der Waals surface area contributed by atoms with Gasteiger partial charge in [0.1, 0.15) is 0 Å². The van der Waals surface area contributed by atoms with Gasteiger partial charge in [-0.25, -0.2) is 0 Å². The molecule has 25 heavy (non-hydrogen) atoms. The summed E-state index contributed by atoms with van der Waals surface area (Å²) in [6.07, 6.45) is 3.91. The van der Waals surface area contributed by atoms with Crippen molar-refractivity contribution < 1.29 is 9.32 Å². The number of hydrogen-bond donors (Lipinski definition) is 1. The lowest BCUT2D eigenvalue weighted by Gasteiger charge is -2.05. The molecule has 3 aromatic heterocycles. The van der Waals surface area contributed by atoms with Gasteiger partial charge in [-0.05, 0) is 47.8 Å². The van der Waals surface area contributed by atoms with Crippen LogP contribution in [-0.2, 0) is 6.54 Å². The minimum absolute atomic E-state index is 0.185. The van der Waals surface area contributed by atoms with E-state index in [1.54, 1.807) is 12.1 Å². The standard InChI is InChI=1S/C18H14N4O2S/c23-18(13-5-7-14(8-6-13)22-9-1-2-10-22)19-12-16-20-17(21-24-16)15-4-3-11-25-15/h1-11H,12H2,(H,19,23). The van der Waals surface area contributed by atoms with Crippen molar-refractivity contribution in [3.8, 4) is 16.4 Å². The lowest BCUT2D eigenvalue weighted by molar-refractivity contribution is 0.0946. The largest absolute Gasteiger partial charge is 0.343 e. The number of nitrogens with zero attached hydrogens (tertiary/aromatic N) is 3. The van der Waals surface area contributed by atoms with Crippen LogP contribution >= 0.6 is 11.3 Å². The van der Waals surface area contributed by atoms with Crippen LogP contribution in [0.1, 0.15) is 16.2 Å². The van der Waals surface area contributed by atoms with E-state index in [0.29, 0.717) is 17.3 Å². The second-order valence-electron chi connectivity index (χ2n) is 5.31. The first kappa shape index (κ1) is 15.3. The lowest BCUT2D eigenvalue weighted by Crippen LogP contribution is -2.22. The Morgan fingerprint density at radius 3 is 2.64 bits per heavy atom. The average molecular weight is 350 g/mol. The van der Waals surface area contributed by atoms with Crippen molar-refractivity contribution in [3.63, 3.8) is 0 Å². The summed E-state index contributed by atoms with van der Waals surface area (Å²) in [5.41, 5.74) is 1.58. The van der Waals surface area contributed by atoms with E-state index in [4.69, 9.17) is 4.52 Å². The number of aromatic nitrogens is 3. The number of rotatable bonds is 5. The minimum atomic E-state index is -0.185. The van der Waals surface area contributed by atoms with Crippen molar-refractivity contribution in [2.45, 2.75) is 6.54 Å². The van der Waals surface area contributed by atoms with Gasteiger partial charge in [0, 0.05) is 23.6 Å². The molecule has 0 atom stereocenters. The van der Waals surface area contributed by atoms with Gasteiger partial charge in [0.15, 0.2) is 0 Å². The fraction of sp³-hybridized carbons (Fsp3) is 0.0556. The molecule has 124 valence electrons. The van der Waals surface area contributed by atoms with E-state index in [2.05, 4.69) is 15.5 Å². The van der Waals surface area contributed by atoms with Crippen molar-refractivity contribution in [2.75, 3.05) is 0 Å². The molecule has 1 amide bonds. The first-order valence-corrected chi connectivity index (χ1v) is 8.55. The van der Waals surface area contributed by atoms with Gasteiger partial charge < -0.3 is 14.4 Å². The fourth-order valence-corrected chi connectivity index (χ4v) is 3.03. The Hall–Kier alpha value is -3.19. The highest BCUT2D eigenvalue weighted by Crippen LogP contribution is 2.21. The normalized spacial score (nSPS) is 10.7. The van der Waals surface area contributed by atoms with Crippen LogP contribution in [-0.4, -0.2) is 20.6 Å². The van der Waals surface area contributed by atoms with E-state index >= 15 is 0 Å². The van der Waals surface area contributed by atoms with Crippen molar-refractivity contribution in [1.82, 2.24) is 20.0 Å². The molecule has 0 saturated carbocycles. The van der Waals surface area contributed by atoms with E-state index in [9.17, 15) is 4.79 Å². The molecule has 0 spiro atoms. The quantitative estimate of drug-likeness (QED) is 0.598. The van der Waals surface area contributed by atoms with Gasteiger partial charge in [-0.3, -0.25) is 4.79 Å². The van der Waals surface area contributed by atoms with Crippen LogP contribution in [0.15, 0.2) is 70.8 Å². The molecule has 0 aliphatic rings. The highest BCUT2D eigenvalue weighted by atomic mass is 32.1. The summed E-state index contributed by atoms with van der Waals surface area (Å²) in [7, 11) is 0. The molecule has 0 unspecified atom stereocenters. The number of thiophene rings is 1. The Morgan fingerprint density at radius 2 is 1.92 bits per heavy atom. The Bertz CT molecular complexity index is 957. The maximum Gasteiger partial charge on any atom is 0.251 e. The Labute approximate surface area is 147 Å². The number of carbonyl (C=O) groups excluding carboxylic acids is 1. The maximum absolute atomic E-state index is 12.2. The van der Waals surface area contributed by atoms with E-state index in [1.807, 2.05) is 58.7 Å². The SMILES string of the molecule is O=C(NCc1nc(-c2cccs2)no1)c1ccc(-n2cccc2)cc1. The van der Waals surface area contributed by atoms with E-state index in [0.717, 1.165) is 10.6 Å². The summed E-state index contributed by atoms with van der Waals surface area (Å²) in [6.45, 7) is 0.191. The predicted molar refractivity (Wildman–Crippen MR) is 94.6 cm³/mol. The van der Waals surface area contributed by atoms with Crippen molar-refractivity contribution in [1.29, 1.82) is 0 Å². The van der Waals surface area contributed by atoms with Crippen LogP contribution in [0.5, 0.6) is 0 Å². The first-order valence-electron chi connectivity index (χ1n) is 7.68. The zero-order valence-corrected chi connectivity index (χ0v) is 13.9. The number of nitrogens with one attached hydrogen (secondary N) is 1. The van der Waals surface area contributed by atoms with Crippen LogP contribution in [0.25, 0.3) is 16.4 Å². The molecule has 6 nitrogen and oxygen atoms in total. The molecule has 7 heteroatoms. The number of benzene rings is 1. The average Bonchev–Trinajstić information content (AvgIpc) is 3.42. The summed E-state index contributed by atoms with van der Waals surface area (Å²) < 4.78 is 7.15. The topological polar surface area (TPSA) is 73.0 Å². The highest BCUT2D eigenvalue weighted by molar-refractivity contribution is 7.13. The molecule has 0 bridgehead atoms. The summed E-state index contributed by atoms with van der Waals surface area (Å²) in [5, 5.41) is 8.66. The molecule has 1 aromatic carbocycles. The molecule has 0 aliphatic heterocycles. The molecule has 1 N–H and O–H groups in total. The number of hydrogen-bond acceptors (Lipinski definition) is 5. The second kappa shape index (κ2) is 6.74. The third-order valence-electron chi connectivity index (χ3n) is 3.64. The molecule has 0 fully saturated rings. The zero-order valence-electron chi connectivity index (χ0n) is 13.1. The fourth-order valence-electron chi connectivity index (χ4n) is 2.38. The summed E-state index contributed by atoms with van der Waals surface area (Å²) in [5.74, 6) is 0.728. The third-order valence-corrected chi connectivity index (χ3v) is 4.51. The molecule has 4 aromatic rings. The molecule has 0 saturated heterocycles. The molecular formula is C18H14N4O2S. The van der Waals surface area contributed by atoms with Gasteiger partial charge in [-0.2, -0.15) is 4.98 Å². The van der Waals surface area contributed by atoms with Crippen molar-refractivity contribution in [3.05, 3.63) is 77.8 Å². The highest BCUT2D eigenvalue weighted by Gasteiger charge is 2.11. The van der Waals surface area contributed by atoms with Gasteiger partial charge in [-0.15, -0.1) is 11.3 Å². The summed E-state index contributed by atoms with van der Waals surface area (Å²) in [6, 6.07) is 15.1. The summed E-state index contributed by atoms with van der Waals surface area (Å²) in [4.78, 5) is 17.5. The number of amides is 1. The van der Waals surface area contributed by atoms with Crippen LogP contribution in [0.4, 0.5) is 0 Å². The monoisotopic (exact) mass is 350 g/mol. The molecule has 0 aliphatic carbocycles. The van der Waals surface area contributed by atoms with Crippen molar-refractivity contribution >= 4 is 17.2 Å². The van der Waals surface area contributed by atoms with Gasteiger partial charge in [0.2, 0.25) is 11.7 Å². The van der Waals surface area contributed by atoms with E-state index in [-0.39, 0.29) is 12.5 Å². The van der Waals surface area contributed by atoms with Crippen LogP contribution in [0.3, 0.4) is 0 Å². The van der Waals surface area contributed by atoms with Gasteiger partial charge in [-0.1, -0.05) is 11.2 Å².